The number of carboxylic acids is 1. The van der Waals surface area contributed by atoms with E-state index in [0.717, 1.165) is 0 Å². The van der Waals surface area contributed by atoms with Gasteiger partial charge >= 0.3 is 5.97 Å². The van der Waals surface area contributed by atoms with E-state index in [9.17, 15) is 29.1 Å². The number of nitrogens with one attached hydrogen (secondary N) is 3. The maximum atomic E-state index is 12.9. The van der Waals surface area contributed by atoms with Gasteiger partial charge in [-0.2, -0.15) is 0 Å². The lowest BCUT2D eigenvalue weighted by Crippen LogP contribution is -2.59. The van der Waals surface area contributed by atoms with Crippen molar-refractivity contribution in [3.8, 4) is 5.75 Å². The Morgan fingerprint density at radius 1 is 0.943 bits per heavy atom. The number of carbonyl (C=O) groups is 5. The lowest BCUT2D eigenvalue weighted by atomic mass is 9.97. The Balaban J connectivity index is 2.97. The Hall–Kier alpha value is -3.71. The van der Waals surface area contributed by atoms with Crippen LogP contribution in [0.25, 0.3) is 0 Å². The molecule has 0 heterocycles. The second-order valence-electron chi connectivity index (χ2n) is 8.16. The van der Waals surface area contributed by atoms with Gasteiger partial charge < -0.3 is 42.7 Å². The molecule has 1 aromatic rings. The fourth-order valence-corrected chi connectivity index (χ4v) is 3.07. The maximum Gasteiger partial charge on any atom is 0.328 e. The van der Waals surface area contributed by atoms with Crippen LogP contribution in [0.15, 0.2) is 24.3 Å². The number of benzene rings is 1. The number of hydrogen-bond acceptors (Lipinski definition) is 8. The molecule has 13 heteroatoms. The van der Waals surface area contributed by atoms with Crippen molar-refractivity contribution in [3.63, 3.8) is 0 Å². The Labute approximate surface area is 202 Å². The second kappa shape index (κ2) is 13.9. The lowest BCUT2D eigenvalue weighted by molar-refractivity contribution is -0.143. The maximum absolute atomic E-state index is 12.9. The molecule has 0 bridgehead atoms. The summed E-state index contributed by atoms with van der Waals surface area (Å²) in [5.41, 5.74) is 11.8. The number of hydrogen-bond donors (Lipinski definition) is 8. The van der Waals surface area contributed by atoms with Crippen molar-refractivity contribution in [1.29, 1.82) is 0 Å². The van der Waals surface area contributed by atoms with E-state index in [1.807, 2.05) is 0 Å². The van der Waals surface area contributed by atoms with Gasteiger partial charge in [0.15, 0.2) is 0 Å². The van der Waals surface area contributed by atoms with E-state index in [1.54, 1.807) is 26.0 Å². The van der Waals surface area contributed by atoms with E-state index < -0.39 is 72.7 Å². The number of phenolic OH excluding ortho intramolecular Hbond substituents is 1. The normalized spacial score (nSPS) is 15.1. The molecule has 13 nitrogen and oxygen atoms in total. The van der Waals surface area contributed by atoms with E-state index in [0.29, 0.717) is 12.0 Å². The van der Waals surface area contributed by atoms with Crippen molar-refractivity contribution in [3.05, 3.63) is 29.8 Å². The van der Waals surface area contributed by atoms with Gasteiger partial charge in [-0.25, -0.2) is 4.79 Å². The molecule has 0 radical (unpaired) electrons. The number of aliphatic carboxylic acids is 1. The molecule has 0 aliphatic heterocycles. The number of aliphatic hydroxyl groups is 1. The van der Waals surface area contributed by atoms with Crippen LogP contribution in [-0.4, -0.2) is 75.7 Å². The number of nitrogens with two attached hydrogens (primary N) is 2. The first kappa shape index (κ1) is 29.3. The number of aliphatic hydroxyl groups excluding tert-OH is 1. The molecule has 0 fully saturated rings. The highest BCUT2D eigenvalue weighted by molar-refractivity contribution is 5.96. The van der Waals surface area contributed by atoms with Crippen molar-refractivity contribution >= 4 is 29.6 Å². The van der Waals surface area contributed by atoms with Crippen molar-refractivity contribution in [1.82, 2.24) is 16.0 Å². The van der Waals surface area contributed by atoms with Gasteiger partial charge in [0.25, 0.3) is 0 Å². The van der Waals surface area contributed by atoms with Crippen molar-refractivity contribution in [2.24, 2.45) is 17.4 Å². The fraction of sp³-hybridized carbons (Fsp3) is 0.500. The first-order valence-corrected chi connectivity index (χ1v) is 11.0. The molecule has 1 aromatic carbocycles. The van der Waals surface area contributed by atoms with Crippen LogP contribution in [0.4, 0.5) is 0 Å². The van der Waals surface area contributed by atoms with Gasteiger partial charge in [0, 0.05) is 0 Å². The van der Waals surface area contributed by atoms with Gasteiger partial charge in [0.05, 0.1) is 19.1 Å². The van der Waals surface area contributed by atoms with Gasteiger partial charge in [0.1, 0.15) is 23.9 Å². The summed E-state index contributed by atoms with van der Waals surface area (Å²) in [7, 11) is 0. The highest BCUT2D eigenvalue weighted by Crippen LogP contribution is 2.12. The third kappa shape index (κ3) is 9.59. The summed E-state index contributed by atoms with van der Waals surface area (Å²) in [4.78, 5) is 60.8. The molecule has 4 amide bonds. The van der Waals surface area contributed by atoms with Crippen LogP contribution in [0.5, 0.6) is 5.75 Å². The third-order valence-corrected chi connectivity index (χ3v) is 5.36. The van der Waals surface area contributed by atoms with E-state index in [2.05, 4.69) is 16.0 Å². The predicted octanol–water partition coefficient (Wildman–Crippen LogP) is -2.29. The van der Waals surface area contributed by atoms with E-state index in [4.69, 9.17) is 21.7 Å². The molecule has 0 aliphatic carbocycles. The average molecular weight is 496 g/mol. The van der Waals surface area contributed by atoms with Crippen LogP contribution < -0.4 is 27.4 Å². The van der Waals surface area contributed by atoms with Crippen molar-refractivity contribution in [2.75, 3.05) is 6.61 Å². The molecular formula is C22H33N5O8. The minimum absolute atomic E-state index is 0.0403. The molecule has 5 atom stereocenters. The molecule has 0 aliphatic rings. The molecule has 5 unspecified atom stereocenters. The molecule has 0 aromatic heterocycles. The molecule has 1 rings (SSSR count). The van der Waals surface area contributed by atoms with Gasteiger partial charge in [-0.05, 0) is 30.0 Å². The minimum atomic E-state index is -1.58. The molecular weight excluding hydrogens is 462 g/mol. The van der Waals surface area contributed by atoms with Crippen LogP contribution in [-0.2, 0) is 30.4 Å². The van der Waals surface area contributed by atoms with E-state index in [1.165, 1.54) is 12.1 Å². The number of amides is 4. The van der Waals surface area contributed by atoms with Gasteiger partial charge in [-0.15, -0.1) is 0 Å². The predicted molar refractivity (Wildman–Crippen MR) is 124 cm³/mol. The van der Waals surface area contributed by atoms with Gasteiger partial charge in [0.2, 0.25) is 23.6 Å². The molecule has 194 valence electrons. The topological polar surface area (TPSA) is 234 Å². The third-order valence-electron chi connectivity index (χ3n) is 5.36. The number of primary amides is 1. The number of carboxylic acid groups (broad SMARTS) is 1. The zero-order valence-electron chi connectivity index (χ0n) is 19.6. The van der Waals surface area contributed by atoms with Crippen molar-refractivity contribution in [2.45, 2.75) is 57.3 Å². The Morgan fingerprint density at radius 3 is 2.00 bits per heavy atom. The Morgan fingerprint density at radius 2 is 1.51 bits per heavy atom. The summed E-state index contributed by atoms with van der Waals surface area (Å²) in [5.74, 6) is -5.29. The summed E-state index contributed by atoms with van der Waals surface area (Å²) < 4.78 is 0. The van der Waals surface area contributed by atoms with Crippen LogP contribution in [0.2, 0.25) is 0 Å². The summed E-state index contributed by atoms with van der Waals surface area (Å²) in [6.45, 7) is 2.51. The van der Waals surface area contributed by atoms with E-state index in [-0.39, 0.29) is 12.2 Å². The molecule has 0 saturated heterocycles. The summed E-state index contributed by atoms with van der Waals surface area (Å²) in [5, 5.41) is 34.5. The van der Waals surface area contributed by atoms with Gasteiger partial charge in [-0.1, -0.05) is 32.4 Å². The quantitative estimate of drug-likeness (QED) is 0.138. The minimum Gasteiger partial charge on any atom is -0.508 e. The molecule has 0 saturated carbocycles. The van der Waals surface area contributed by atoms with E-state index >= 15 is 0 Å². The largest absolute Gasteiger partial charge is 0.508 e. The van der Waals surface area contributed by atoms with Crippen molar-refractivity contribution < 1.29 is 39.3 Å². The number of carbonyl (C=O) groups excluding carboxylic acids is 4. The highest BCUT2D eigenvalue weighted by Gasteiger charge is 2.33. The molecule has 0 spiro atoms. The fourth-order valence-electron chi connectivity index (χ4n) is 3.07. The second-order valence-corrected chi connectivity index (χ2v) is 8.16. The molecule has 35 heavy (non-hydrogen) atoms. The van der Waals surface area contributed by atoms with Crippen LogP contribution in [0.3, 0.4) is 0 Å². The highest BCUT2D eigenvalue weighted by atomic mass is 16.4. The Kier molecular flexibility index (Phi) is 11.6. The number of phenols is 1. The Bertz CT molecular complexity index is 908. The van der Waals surface area contributed by atoms with Crippen LogP contribution in [0.1, 0.15) is 32.3 Å². The SMILES string of the molecule is CCC(C)C(NC(=O)C(CC(N)=O)NC(=O)C(N)Cc1ccc(O)cc1)C(=O)NC(CO)C(=O)O. The first-order chi connectivity index (χ1) is 16.4. The zero-order valence-corrected chi connectivity index (χ0v) is 19.6. The van der Waals surface area contributed by atoms with Crippen LogP contribution in [0, 0.1) is 5.92 Å². The average Bonchev–Trinajstić information content (AvgIpc) is 2.80. The summed E-state index contributed by atoms with van der Waals surface area (Å²) in [6.07, 6.45) is -0.0843. The smallest absolute Gasteiger partial charge is 0.328 e. The standard InChI is InChI=1S/C22H33N5O8/c1-3-11(2)18(21(33)26-16(10-28)22(34)35)27-20(32)15(9-17(24)30)25-19(31)14(23)8-12-4-6-13(29)7-5-12/h4-7,11,14-16,18,28-29H,3,8-10,23H2,1-2H3,(H2,24,30)(H,25,31)(H,26,33)(H,27,32)(H,34,35). The summed E-state index contributed by atoms with van der Waals surface area (Å²) in [6, 6.07) is 0.647. The van der Waals surface area contributed by atoms with Gasteiger partial charge in [-0.3, -0.25) is 19.2 Å². The monoisotopic (exact) mass is 495 g/mol. The zero-order chi connectivity index (χ0) is 26.7. The molecule has 10 N–H and O–H groups in total. The van der Waals surface area contributed by atoms with Crippen LogP contribution >= 0.6 is 0 Å². The number of aromatic hydroxyl groups is 1. The summed E-state index contributed by atoms with van der Waals surface area (Å²) >= 11 is 0. The number of rotatable bonds is 14. The lowest BCUT2D eigenvalue weighted by Gasteiger charge is -2.27. The first-order valence-electron chi connectivity index (χ1n) is 11.0.